The number of methoxy groups -OCH3 is 1. The lowest BCUT2D eigenvalue weighted by Gasteiger charge is -2.12. The Bertz CT molecular complexity index is 567. The van der Waals surface area contributed by atoms with Crippen LogP contribution in [0.15, 0.2) is 32.5 Å². The van der Waals surface area contributed by atoms with Crippen LogP contribution in [0, 0.1) is 0 Å². The lowest BCUT2D eigenvalue weighted by Crippen LogP contribution is -2.01. The summed E-state index contributed by atoms with van der Waals surface area (Å²) in [6.07, 6.45) is -0.122. The number of hydrogen-bond donors (Lipinski definition) is 1. The second kappa shape index (κ2) is 6.59. The summed E-state index contributed by atoms with van der Waals surface area (Å²) in [4.78, 5) is 0.890. The minimum atomic E-state index is -0.583. The van der Waals surface area contributed by atoms with Crippen LogP contribution in [0.1, 0.15) is 16.5 Å². The Hall–Kier alpha value is -0.0700. The highest BCUT2D eigenvalue weighted by molar-refractivity contribution is 9.13. The summed E-state index contributed by atoms with van der Waals surface area (Å²) in [5.74, 6) is 0.734. The van der Waals surface area contributed by atoms with Crippen LogP contribution in [0.5, 0.6) is 5.75 Å². The first-order valence-electron chi connectivity index (χ1n) is 5.46. The van der Waals surface area contributed by atoms with E-state index < -0.39 is 6.10 Å². The Morgan fingerprint density at radius 1 is 1.37 bits per heavy atom. The van der Waals surface area contributed by atoms with E-state index in [1.54, 1.807) is 13.2 Å². The minimum absolute atomic E-state index is 0.461. The average molecular weight is 427 g/mol. The molecule has 0 aliphatic carbocycles. The maximum absolute atomic E-state index is 10.3. The third-order valence-electron chi connectivity index (χ3n) is 2.65. The van der Waals surface area contributed by atoms with Crippen LogP contribution >= 0.6 is 54.8 Å². The standard InChI is InChI=1S/C13H11Br2ClO2S/c1-18-11-3-2-8(16)4-7(11)5-10(17)12-6-9(14)13(15)19-12/h2-4,6,10,17H,5H2,1H3. The zero-order valence-corrected chi connectivity index (χ0v) is 14.7. The lowest BCUT2D eigenvalue weighted by atomic mass is 10.1. The maximum Gasteiger partial charge on any atom is 0.122 e. The van der Waals surface area contributed by atoms with E-state index in [0.717, 1.165) is 24.4 Å². The summed E-state index contributed by atoms with van der Waals surface area (Å²) < 4.78 is 7.20. The first-order chi connectivity index (χ1) is 9.01. The first kappa shape index (κ1) is 15.3. The molecule has 6 heteroatoms. The molecule has 0 bridgehead atoms. The number of benzene rings is 1. The largest absolute Gasteiger partial charge is 0.496 e. The van der Waals surface area contributed by atoms with Crippen LogP contribution in [0.2, 0.25) is 5.02 Å². The zero-order valence-electron chi connectivity index (χ0n) is 9.99. The minimum Gasteiger partial charge on any atom is -0.496 e. The van der Waals surface area contributed by atoms with Gasteiger partial charge in [-0.2, -0.15) is 0 Å². The molecule has 0 radical (unpaired) electrons. The van der Waals surface area contributed by atoms with Gasteiger partial charge in [0.2, 0.25) is 0 Å². The number of hydrogen-bond acceptors (Lipinski definition) is 3. The van der Waals surface area contributed by atoms with E-state index in [4.69, 9.17) is 16.3 Å². The van der Waals surface area contributed by atoms with Crippen LogP contribution in [-0.4, -0.2) is 12.2 Å². The van der Waals surface area contributed by atoms with Crippen LogP contribution in [0.3, 0.4) is 0 Å². The predicted molar refractivity (Wildman–Crippen MR) is 86.4 cm³/mol. The normalized spacial score (nSPS) is 12.5. The fourth-order valence-corrected chi connectivity index (χ4v) is 4.01. The molecule has 0 fully saturated rings. The molecular weight excluding hydrogens is 415 g/mol. The quantitative estimate of drug-likeness (QED) is 0.727. The van der Waals surface area contributed by atoms with E-state index in [9.17, 15) is 5.11 Å². The Kier molecular flexibility index (Phi) is 5.31. The topological polar surface area (TPSA) is 29.5 Å². The fourth-order valence-electron chi connectivity index (χ4n) is 1.74. The van der Waals surface area contributed by atoms with Crippen molar-refractivity contribution in [2.45, 2.75) is 12.5 Å². The highest BCUT2D eigenvalue weighted by Gasteiger charge is 2.16. The van der Waals surface area contributed by atoms with E-state index in [1.807, 2.05) is 18.2 Å². The summed E-state index contributed by atoms with van der Waals surface area (Å²) in [5, 5.41) is 10.9. The molecule has 0 aliphatic rings. The van der Waals surface area contributed by atoms with Crippen LogP contribution in [0.25, 0.3) is 0 Å². The fraction of sp³-hybridized carbons (Fsp3) is 0.231. The average Bonchev–Trinajstić information content (AvgIpc) is 2.70. The Morgan fingerprint density at radius 2 is 2.11 bits per heavy atom. The Morgan fingerprint density at radius 3 is 2.68 bits per heavy atom. The number of aliphatic hydroxyl groups is 1. The van der Waals surface area contributed by atoms with Gasteiger partial charge in [-0.1, -0.05) is 11.6 Å². The van der Waals surface area contributed by atoms with Crippen molar-refractivity contribution in [3.63, 3.8) is 0 Å². The van der Waals surface area contributed by atoms with E-state index in [0.29, 0.717) is 11.4 Å². The molecule has 2 nitrogen and oxygen atoms in total. The van der Waals surface area contributed by atoms with Gasteiger partial charge in [-0.25, -0.2) is 0 Å². The van der Waals surface area contributed by atoms with E-state index in [2.05, 4.69) is 31.9 Å². The molecule has 1 unspecified atom stereocenters. The number of halogens is 3. The van der Waals surface area contributed by atoms with Crippen molar-refractivity contribution in [2.75, 3.05) is 7.11 Å². The summed E-state index contributed by atoms with van der Waals surface area (Å²) in [6, 6.07) is 7.32. The van der Waals surface area contributed by atoms with Gasteiger partial charge >= 0.3 is 0 Å². The van der Waals surface area contributed by atoms with Gasteiger partial charge in [0.1, 0.15) is 5.75 Å². The third-order valence-corrected chi connectivity index (χ3v) is 6.24. The summed E-state index contributed by atoms with van der Waals surface area (Å²) >= 11 is 14.3. The van der Waals surface area contributed by atoms with Gasteiger partial charge in [-0.15, -0.1) is 11.3 Å². The van der Waals surface area contributed by atoms with Gasteiger partial charge in [0.05, 0.1) is 17.0 Å². The molecule has 102 valence electrons. The Balaban J connectivity index is 2.23. The van der Waals surface area contributed by atoms with Crippen LogP contribution < -0.4 is 4.74 Å². The molecule has 1 aromatic carbocycles. The maximum atomic E-state index is 10.3. The van der Waals surface area contributed by atoms with Crippen LogP contribution in [0.4, 0.5) is 0 Å². The van der Waals surface area contributed by atoms with Gasteiger partial charge in [0.15, 0.2) is 0 Å². The highest BCUT2D eigenvalue weighted by atomic mass is 79.9. The van der Waals surface area contributed by atoms with Gasteiger partial charge in [-0.3, -0.25) is 0 Å². The molecule has 0 saturated heterocycles. The van der Waals surface area contributed by atoms with Gasteiger partial charge in [0, 0.05) is 20.8 Å². The lowest BCUT2D eigenvalue weighted by molar-refractivity contribution is 0.181. The molecule has 19 heavy (non-hydrogen) atoms. The second-order valence-corrected chi connectivity index (χ2v) is 7.64. The Labute approximate surface area is 137 Å². The molecule has 1 aromatic heterocycles. The number of rotatable bonds is 4. The van der Waals surface area contributed by atoms with Crippen molar-refractivity contribution in [1.82, 2.24) is 0 Å². The van der Waals surface area contributed by atoms with Crippen molar-refractivity contribution in [3.05, 3.63) is 48.0 Å². The molecule has 0 spiro atoms. The van der Waals surface area contributed by atoms with E-state index in [-0.39, 0.29) is 0 Å². The monoisotopic (exact) mass is 424 g/mol. The molecule has 1 N–H and O–H groups in total. The van der Waals surface area contributed by atoms with Gasteiger partial charge < -0.3 is 9.84 Å². The smallest absolute Gasteiger partial charge is 0.122 e. The van der Waals surface area contributed by atoms with Crippen molar-refractivity contribution < 1.29 is 9.84 Å². The number of aliphatic hydroxyl groups excluding tert-OH is 1. The molecule has 0 aliphatic heterocycles. The number of ether oxygens (including phenoxy) is 1. The van der Waals surface area contributed by atoms with E-state index >= 15 is 0 Å². The molecular formula is C13H11Br2ClO2S. The molecule has 1 heterocycles. The first-order valence-corrected chi connectivity index (χ1v) is 8.24. The van der Waals surface area contributed by atoms with Crippen molar-refractivity contribution in [1.29, 1.82) is 0 Å². The van der Waals surface area contributed by atoms with Crippen LogP contribution in [-0.2, 0) is 6.42 Å². The van der Waals surface area contributed by atoms with E-state index in [1.165, 1.54) is 11.3 Å². The van der Waals surface area contributed by atoms with Crippen molar-refractivity contribution >= 4 is 54.8 Å². The SMILES string of the molecule is COc1ccc(Cl)cc1CC(O)c1cc(Br)c(Br)s1. The molecule has 0 saturated carbocycles. The highest BCUT2D eigenvalue weighted by Crippen LogP contribution is 2.37. The summed E-state index contributed by atoms with van der Waals surface area (Å²) in [6.45, 7) is 0. The van der Waals surface area contributed by atoms with Gasteiger partial charge in [-0.05, 0) is 61.7 Å². The molecule has 0 amide bonds. The third kappa shape index (κ3) is 3.73. The summed E-state index contributed by atoms with van der Waals surface area (Å²) in [5.41, 5.74) is 0.892. The predicted octanol–water partition coefficient (Wildman–Crippen LogP) is 5.21. The second-order valence-electron chi connectivity index (χ2n) is 3.95. The van der Waals surface area contributed by atoms with Crippen molar-refractivity contribution in [3.8, 4) is 5.75 Å². The molecule has 2 rings (SSSR count). The number of thiophene rings is 1. The van der Waals surface area contributed by atoms with Gasteiger partial charge in [0.25, 0.3) is 0 Å². The molecule has 1 atom stereocenters. The zero-order chi connectivity index (χ0) is 14.0. The molecule has 2 aromatic rings. The van der Waals surface area contributed by atoms with Crippen molar-refractivity contribution in [2.24, 2.45) is 0 Å². The summed E-state index contributed by atoms with van der Waals surface area (Å²) in [7, 11) is 1.61.